The Labute approximate surface area is 289 Å². The summed E-state index contributed by atoms with van der Waals surface area (Å²) in [5, 5.41) is 21.5. The van der Waals surface area contributed by atoms with Gasteiger partial charge >= 0.3 is 0 Å². The highest BCUT2D eigenvalue weighted by Crippen LogP contribution is 2.57. The molecule has 0 spiro atoms. The number of carbonyl (C=O) groups excluding carboxylic acids is 1. The average Bonchev–Trinajstić information content (AvgIpc) is 3.53. The Kier molecular flexibility index (Phi) is 8.45. The number of nitriles is 2. The predicted octanol–water partition coefficient (Wildman–Crippen LogP) is 9.94. The first-order valence-electron chi connectivity index (χ1n) is 16.2. The molecule has 3 aliphatic rings. The van der Waals surface area contributed by atoms with E-state index in [0.717, 1.165) is 57.0 Å². The minimum absolute atomic E-state index is 0.0162. The van der Waals surface area contributed by atoms with Crippen molar-refractivity contribution in [1.29, 1.82) is 10.5 Å². The van der Waals surface area contributed by atoms with Gasteiger partial charge in [-0.15, -0.1) is 0 Å². The number of aliphatic imine (C=N–C) groups is 1. The van der Waals surface area contributed by atoms with Gasteiger partial charge in [-0.1, -0.05) is 36.4 Å². The van der Waals surface area contributed by atoms with Crippen molar-refractivity contribution in [2.75, 3.05) is 0 Å². The average molecular weight is 649 g/mol. The summed E-state index contributed by atoms with van der Waals surface area (Å²) >= 11 is 0. The molecule has 3 aromatic carbocycles. The fourth-order valence-corrected chi connectivity index (χ4v) is 7.59. The standard InChI is InChI=1S/C42H28N6O2/c1-25(49)26-9-12-30(13-10-26)48-24-39-35-16-15-33(37(39)20-31(22-43)45-2)38(21-32(23-44)46-3)41(35)29-7-4-6-27(18-29)28-11-14-34-36-8-5-17-47-42(36)50-40(34)19-28/h4-14,17-21,24,33,35,38,41H,15-16H2,1H3/b31-20-,32-21+,48-24?. The highest BCUT2D eigenvalue weighted by molar-refractivity contribution is 6.04. The van der Waals surface area contributed by atoms with Crippen LogP contribution in [0.25, 0.3) is 42.9 Å². The van der Waals surface area contributed by atoms with Gasteiger partial charge in [-0.3, -0.25) is 9.79 Å². The van der Waals surface area contributed by atoms with Gasteiger partial charge in [0.1, 0.15) is 5.58 Å². The van der Waals surface area contributed by atoms with Crippen molar-refractivity contribution in [2.24, 2.45) is 22.7 Å². The zero-order valence-corrected chi connectivity index (χ0v) is 27.0. The quantitative estimate of drug-likeness (QED) is 0.0755. The normalized spacial score (nSPS) is 20.4. The van der Waals surface area contributed by atoms with Crippen LogP contribution in [-0.4, -0.2) is 17.0 Å². The molecule has 2 bridgehead atoms. The molecule has 4 unspecified atom stereocenters. The van der Waals surface area contributed by atoms with Crippen LogP contribution >= 0.6 is 0 Å². The van der Waals surface area contributed by atoms with E-state index in [9.17, 15) is 15.3 Å². The Hall–Kier alpha value is -6.87. The number of aromatic nitrogens is 1. The smallest absolute Gasteiger partial charge is 0.262 e. The van der Waals surface area contributed by atoms with Crippen LogP contribution in [0, 0.1) is 53.6 Å². The molecule has 3 aliphatic carbocycles. The fraction of sp³-hybridized carbons (Fsp3) is 0.167. The summed E-state index contributed by atoms with van der Waals surface area (Å²) < 4.78 is 6.08. The van der Waals surface area contributed by atoms with Gasteiger partial charge in [-0.2, -0.15) is 0 Å². The van der Waals surface area contributed by atoms with E-state index in [4.69, 9.17) is 22.6 Å². The van der Waals surface area contributed by atoms with Crippen molar-refractivity contribution in [3.8, 4) is 23.3 Å². The molecule has 8 nitrogen and oxygen atoms in total. The molecular weight excluding hydrogens is 621 g/mol. The third kappa shape index (κ3) is 5.77. The fourth-order valence-electron chi connectivity index (χ4n) is 7.59. The van der Waals surface area contributed by atoms with E-state index in [1.807, 2.05) is 36.5 Å². The lowest BCUT2D eigenvalue weighted by molar-refractivity contribution is 0.101. The summed E-state index contributed by atoms with van der Waals surface area (Å²) in [7, 11) is 0. The summed E-state index contributed by atoms with van der Waals surface area (Å²) in [5.74, 6) is -0.623. The van der Waals surface area contributed by atoms with Crippen LogP contribution < -0.4 is 0 Å². The largest absolute Gasteiger partial charge is 0.438 e. The molecule has 4 atom stereocenters. The van der Waals surface area contributed by atoms with Crippen molar-refractivity contribution < 1.29 is 9.21 Å². The van der Waals surface area contributed by atoms with Crippen molar-refractivity contribution in [1.82, 2.24) is 4.98 Å². The van der Waals surface area contributed by atoms with Crippen molar-refractivity contribution in [2.45, 2.75) is 25.7 Å². The van der Waals surface area contributed by atoms with Crippen LogP contribution in [0.15, 0.2) is 129 Å². The molecule has 238 valence electrons. The molecule has 2 aromatic heterocycles. The third-order valence-electron chi connectivity index (χ3n) is 9.83. The van der Waals surface area contributed by atoms with Crippen molar-refractivity contribution in [3.63, 3.8) is 0 Å². The number of hydrogen-bond acceptors (Lipinski definition) is 6. The maximum Gasteiger partial charge on any atom is 0.262 e. The summed E-state index contributed by atoms with van der Waals surface area (Å²) in [6.45, 7) is 16.8. The van der Waals surface area contributed by atoms with Gasteiger partial charge in [0.05, 0.1) is 31.0 Å². The first-order chi connectivity index (χ1) is 24.4. The lowest BCUT2D eigenvalue weighted by atomic mass is 9.54. The minimum Gasteiger partial charge on any atom is -0.438 e. The second-order valence-corrected chi connectivity index (χ2v) is 12.5. The number of carbonyl (C=O) groups is 1. The first kappa shape index (κ1) is 31.7. The third-order valence-corrected chi connectivity index (χ3v) is 9.83. The molecule has 5 aromatic rings. The van der Waals surface area contributed by atoms with Gasteiger partial charge in [0.15, 0.2) is 5.78 Å². The highest BCUT2D eigenvalue weighted by atomic mass is 16.3. The zero-order valence-electron chi connectivity index (χ0n) is 27.0. The number of ketones is 1. The van der Waals surface area contributed by atoms with E-state index in [2.05, 4.69) is 51.1 Å². The lowest BCUT2D eigenvalue weighted by Crippen LogP contribution is -2.40. The number of pyridine rings is 1. The predicted molar refractivity (Wildman–Crippen MR) is 192 cm³/mol. The number of nitrogens with zero attached hydrogens (tertiary/aromatic N) is 6. The monoisotopic (exact) mass is 648 g/mol. The lowest BCUT2D eigenvalue weighted by Gasteiger charge is -2.49. The van der Waals surface area contributed by atoms with Crippen LogP contribution in [-0.2, 0) is 0 Å². The van der Waals surface area contributed by atoms with Gasteiger partial charge in [-0.05, 0) is 126 Å². The maximum atomic E-state index is 11.8. The summed E-state index contributed by atoms with van der Waals surface area (Å²) in [6, 6.07) is 29.5. The number of benzene rings is 3. The Morgan fingerprint density at radius 3 is 2.40 bits per heavy atom. The number of allylic oxidation sites excluding steroid dienone is 6. The first-order valence-corrected chi connectivity index (χ1v) is 16.2. The molecule has 0 aliphatic heterocycles. The SMILES string of the molecule is [C-]#[N+]/C(C#N)=C\C1=C(C=Nc2ccc(C(C)=O)cc2)C2CCC1C(/C=C(\C#N)[N+]#[C-])C2c1cccc(-c2ccc3c(c2)oc2ncccc23)c1. The van der Waals surface area contributed by atoms with Gasteiger partial charge in [0.2, 0.25) is 5.71 Å². The number of rotatable bonds is 7. The Balaban J connectivity index is 1.36. The molecule has 0 N–H and O–H groups in total. The molecule has 0 radical (unpaired) electrons. The van der Waals surface area contributed by atoms with Crippen LogP contribution in [0.2, 0.25) is 0 Å². The number of Topliss-reactive ketones (excluding diaryl/α,β-unsaturated/α-hetero) is 1. The van der Waals surface area contributed by atoms with E-state index in [1.54, 1.807) is 42.6 Å². The van der Waals surface area contributed by atoms with Gasteiger partial charge < -0.3 is 4.42 Å². The van der Waals surface area contributed by atoms with E-state index < -0.39 is 0 Å². The maximum absolute atomic E-state index is 11.8. The van der Waals surface area contributed by atoms with E-state index in [0.29, 0.717) is 17.0 Å². The minimum atomic E-state index is -0.236. The molecule has 0 saturated heterocycles. The molecule has 50 heavy (non-hydrogen) atoms. The Morgan fingerprint density at radius 1 is 0.900 bits per heavy atom. The van der Waals surface area contributed by atoms with Crippen LogP contribution in [0.3, 0.4) is 0 Å². The van der Waals surface area contributed by atoms with Crippen molar-refractivity contribution in [3.05, 3.63) is 154 Å². The summed E-state index contributed by atoms with van der Waals surface area (Å²) in [5.41, 5.74) is 7.37. The van der Waals surface area contributed by atoms with Gasteiger partial charge in [0.25, 0.3) is 11.4 Å². The van der Waals surface area contributed by atoms with Crippen LogP contribution in [0.4, 0.5) is 5.69 Å². The summed E-state index contributed by atoms with van der Waals surface area (Å²) in [4.78, 5) is 28.0. The molecule has 1 saturated carbocycles. The molecule has 0 amide bonds. The van der Waals surface area contributed by atoms with Gasteiger partial charge in [-0.25, -0.2) is 25.2 Å². The second-order valence-electron chi connectivity index (χ2n) is 12.5. The number of hydrogen-bond donors (Lipinski definition) is 0. The van der Waals surface area contributed by atoms with E-state index in [1.165, 1.54) is 6.92 Å². The molecule has 2 heterocycles. The van der Waals surface area contributed by atoms with Crippen LogP contribution in [0.5, 0.6) is 0 Å². The second kappa shape index (κ2) is 13.3. The van der Waals surface area contributed by atoms with Gasteiger partial charge in [0, 0.05) is 28.7 Å². The molecular formula is C42H28N6O2. The Bertz CT molecular complexity index is 2460. The van der Waals surface area contributed by atoms with E-state index >= 15 is 0 Å². The molecule has 8 heteroatoms. The zero-order chi connectivity index (χ0) is 34.8. The summed E-state index contributed by atoms with van der Waals surface area (Å²) in [6.07, 6.45) is 8.56. The number of fused-ring (bicyclic) bond motifs is 5. The Morgan fingerprint density at radius 2 is 1.66 bits per heavy atom. The molecule has 8 rings (SSSR count). The highest BCUT2D eigenvalue weighted by Gasteiger charge is 2.47. The number of furan rings is 1. The molecule has 1 fully saturated rings. The van der Waals surface area contributed by atoms with E-state index in [-0.39, 0.29) is 40.8 Å². The van der Waals surface area contributed by atoms with Crippen molar-refractivity contribution >= 4 is 39.8 Å². The topological polar surface area (TPSA) is 112 Å². The van der Waals surface area contributed by atoms with Crippen LogP contribution in [0.1, 0.15) is 41.6 Å².